The molecule has 0 aliphatic rings. The lowest BCUT2D eigenvalue weighted by molar-refractivity contribution is 0.0700. The van der Waals surface area contributed by atoms with E-state index in [0.717, 1.165) is 17.1 Å². The monoisotopic (exact) mass is 387 g/mol. The standard InChI is InChI=1S/C17H14BrN3O3/c1-10-9-11(2)20-17(19-10)21-12-3-5-13(6-4-12)23-16(22)14-7-8-15(18)24-14/h3-9H,1-2H3,(H,19,20,21). The van der Waals surface area contributed by atoms with E-state index in [2.05, 4.69) is 31.2 Å². The van der Waals surface area contributed by atoms with Crippen LogP contribution >= 0.6 is 15.9 Å². The largest absolute Gasteiger partial charge is 0.442 e. The molecule has 0 spiro atoms. The zero-order chi connectivity index (χ0) is 17.1. The molecule has 0 fully saturated rings. The van der Waals surface area contributed by atoms with Crippen molar-refractivity contribution in [2.75, 3.05) is 5.32 Å². The molecule has 3 aromatic rings. The van der Waals surface area contributed by atoms with Gasteiger partial charge in [0.25, 0.3) is 0 Å². The third-order valence-corrected chi connectivity index (χ3v) is 3.50. The number of benzene rings is 1. The number of hydrogen-bond acceptors (Lipinski definition) is 6. The summed E-state index contributed by atoms with van der Waals surface area (Å²) in [7, 11) is 0. The number of carbonyl (C=O) groups is 1. The van der Waals surface area contributed by atoms with E-state index in [4.69, 9.17) is 9.15 Å². The Morgan fingerprint density at radius 1 is 1.08 bits per heavy atom. The molecule has 24 heavy (non-hydrogen) atoms. The van der Waals surface area contributed by atoms with E-state index in [1.807, 2.05) is 19.9 Å². The van der Waals surface area contributed by atoms with Gasteiger partial charge in [-0.1, -0.05) is 0 Å². The second-order valence-corrected chi connectivity index (χ2v) is 5.90. The van der Waals surface area contributed by atoms with Crippen LogP contribution in [0.15, 0.2) is 51.6 Å². The van der Waals surface area contributed by atoms with Crippen LogP contribution in [-0.2, 0) is 0 Å². The predicted molar refractivity (Wildman–Crippen MR) is 92.6 cm³/mol. The highest BCUT2D eigenvalue weighted by Crippen LogP contribution is 2.21. The van der Waals surface area contributed by atoms with Crippen molar-refractivity contribution in [3.63, 3.8) is 0 Å². The molecule has 1 aromatic carbocycles. The van der Waals surface area contributed by atoms with Gasteiger partial charge in [-0.25, -0.2) is 14.8 Å². The Morgan fingerprint density at radius 2 is 1.75 bits per heavy atom. The summed E-state index contributed by atoms with van der Waals surface area (Å²) in [6, 6.07) is 12.0. The highest BCUT2D eigenvalue weighted by atomic mass is 79.9. The molecule has 0 amide bonds. The van der Waals surface area contributed by atoms with Gasteiger partial charge in [0.1, 0.15) is 5.75 Å². The molecule has 0 saturated carbocycles. The van der Waals surface area contributed by atoms with Gasteiger partial charge in [-0.2, -0.15) is 0 Å². The summed E-state index contributed by atoms with van der Waals surface area (Å²) in [6.45, 7) is 3.82. The van der Waals surface area contributed by atoms with Crippen LogP contribution in [-0.4, -0.2) is 15.9 Å². The maximum atomic E-state index is 11.9. The van der Waals surface area contributed by atoms with Crippen molar-refractivity contribution < 1.29 is 13.9 Å². The van der Waals surface area contributed by atoms with Gasteiger partial charge >= 0.3 is 5.97 Å². The zero-order valence-electron chi connectivity index (χ0n) is 13.0. The number of aromatic nitrogens is 2. The first-order valence-corrected chi connectivity index (χ1v) is 7.96. The minimum Gasteiger partial charge on any atom is -0.442 e. The van der Waals surface area contributed by atoms with E-state index in [-0.39, 0.29) is 5.76 Å². The molecule has 0 aliphatic heterocycles. The first-order valence-electron chi connectivity index (χ1n) is 7.16. The van der Waals surface area contributed by atoms with Crippen LogP contribution in [0.3, 0.4) is 0 Å². The smallest absolute Gasteiger partial charge is 0.379 e. The third kappa shape index (κ3) is 3.99. The maximum Gasteiger partial charge on any atom is 0.379 e. The van der Waals surface area contributed by atoms with Gasteiger partial charge in [-0.15, -0.1) is 0 Å². The van der Waals surface area contributed by atoms with E-state index in [0.29, 0.717) is 16.4 Å². The van der Waals surface area contributed by atoms with E-state index in [9.17, 15) is 4.79 Å². The number of ether oxygens (including phenoxy) is 1. The van der Waals surface area contributed by atoms with E-state index in [1.165, 1.54) is 0 Å². The fraction of sp³-hybridized carbons (Fsp3) is 0.118. The van der Waals surface area contributed by atoms with Crippen molar-refractivity contribution in [3.8, 4) is 5.75 Å². The summed E-state index contributed by atoms with van der Waals surface area (Å²) in [4.78, 5) is 20.5. The van der Waals surface area contributed by atoms with Crippen molar-refractivity contribution in [2.45, 2.75) is 13.8 Å². The van der Waals surface area contributed by atoms with E-state index in [1.54, 1.807) is 36.4 Å². The van der Waals surface area contributed by atoms with Crippen molar-refractivity contribution in [2.24, 2.45) is 0 Å². The lowest BCUT2D eigenvalue weighted by Gasteiger charge is -2.07. The van der Waals surface area contributed by atoms with Crippen LogP contribution < -0.4 is 10.1 Å². The molecule has 0 unspecified atom stereocenters. The van der Waals surface area contributed by atoms with Crippen LogP contribution in [0.5, 0.6) is 5.75 Å². The van der Waals surface area contributed by atoms with Crippen LogP contribution in [0, 0.1) is 13.8 Å². The summed E-state index contributed by atoms with van der Waals surface area (Å²) in [5.74, 6) is 0.517. The average molecular weight is 388 g/mol. The SMILES string of the molecule is Cc1cc(C)nc(Nc2ccc(OC(=O)c3ccc(Br)o3)cc2)n1. The van der Waals surface area contributed by atoms with Crippen molar-refractivity contribution in [3.05, 3.63) is 64.3 Å². The number of anilines is 2. The number of esters is 1. The summed E-state index contributed by atoms with van der Waals surface area (Å²) in [6.07, 6.45) is 0. The molecule has 122 valence electrons. The highest BCUT2D eigenvalue weighted by Gasteiger charge is 2.13. The Labute approximate surface area is 147 Å². The summed E-state index contributed by atoms with van der Waals surface area (Å²) < 4.78 is 10.9. The molecule has 3 rings (SSSR count). The summed E-state index contributed by atoms with van der Waals surface area (Å²) >= 11 is 3.14. The predicted octanol–water partition coefficient (Wildman–Crippen LogP) is 4.41. The molecule has 2 aromatic heterocycles. The Bertz CT molecular complexity index is 855. The first-order chi connectivity index (χ1) is 11.5. The van der Waals surface area contributed by atoms with E-state index >= 15 is 0 Å². The molecule has 7 heteroatoms. The van der Waals surface area contributed by atoms with Gasteiger partial charge in [-0.05, 0) is 72.2 Å². The molecular formula is C17H14BrN3O3. The fourth-order valence-corrected chi connectivity index (χ4v) is 2.41. The van der Waals surface area contributed by atoms with Crippen LogP contribution in [0.4, 0.5) is 11.6 Å². The third-order valence-electron chi connectivity index (χ3n) is 3.08. The van der Waals surface area contributed by atoms with Gasteiger partial charge in [0.05, 0.1) is 0 Å². The van der Waals surface area contributed by atoms with Gasteiger partial charge in [0, 0.05) is 17.1 Å². The number of rotatable bonds is 4. The van der Waals surface area contributed by atoms with Gasteiger partial charge in [0.2, 0.25) is 11.7 Å². The van der Waals surface area contributed by atoms with Crippen LogP contribution in [0.25, 0.3) is 0 Å². The lowest BCUT2D eigenvalue weighted by atomic mass is 10.3. The van der Waals surface area contributed by atoms with Gasteiger partial charge in [0.15, 0.2) is 4.67 Å². The minimum atomic E-state index is -0.556. The number of nitrogens with zero attached hydrogens (tertiary/aromatic N) is 2. The molecule has 0 bridgehead atoms. The molecule has 0 atom stereocenters. The van der Waals surface area contributed by atoms with Gasteiger partial charge in [-0.3, -0.25) is 0 Å². The number of halogens is 1. The Balaban J connectivity index is 1.68. The minimum absolute atomic E-state index is 0.132. The van der Waals surface area contributed by atoms with Gasteiger partial charge < -0.3 is 14.5 Å². The number of hydrogen-bond donors (Lipinski definition) is 1. The molecule has 1 N–H and O–H groups in total. The number of aryl methyl sites for hydroxylation is 2. The number of furan rings is 1. The second kappa shape index (κ2) is 6.84. The van der Waals surface area contributed by atoms with Crippen LogP contribution in [0.1, 0.15) is 21.9 Å². The summed E-state index contributed by atoms with van der Waals surface area (Å²) in [5, 5.41) is 3.11. The number of carbonyl (C=O) groups excluding carboxylic acids is 1. The zero-order valence-corrected chi connectivity index (χ0v) is 14.6. The molecule has 2 heterocycles. The Hall–Kier alpha value is -2.67. The lowest BCUT2D eigenvalue weighted by Crippen LogP contribution is -2.07. The summed E-state index contributed by atoms with van der Waals surface area (Å²) in [5.41, 5.74) is 2.57. The molecule has 0 aliphatic carbocycles. The average Bonchev–Trinajstić information content (AvgIpc) is 2.95. The van der Waals surface area contributed by atoms with Crippen molar-refractivity contribution in [1.29, 1.82) is 0 Å². The van der Waals surface area contributed by atoms with Crippen LogP contribution in [0.2, 0.25) is 0 Å². The van der Waals surface area contributed by atoms with Crippen molar-refractivity contribution in [1.82, 2.24) is 9.97 Å². The topological polar surface area (TPSA) is 77.3 Å². The molecule has 6 nitrogen and oxygen atoms in total. The molecule has 0 radical (unpaired) electrons. The van der Waals surface area contributed by atoms with Crippen molar-refractivity contribution >= 4 is 33.5 Å². The first kappa shape index (κ1) is 16.2. The second-order valence-electron chi connectivity index (χ2n) is 5.12. The Kier molecular flexibility index (Phi) is 4.61. The maximum absolute atomic E-state index is 11.9. The number of nitrogens with one attached hydrogen (secondary N) is 1. The highest BCUT2D eigenvalue weighted by molar-refractivity contribution is 9.10. The quantitative estimate of drug-likeness (QED) is 0.527. The Morgan fingerprint density at radius 3 is 2.33 bits per heavy atom. The van der Waals surface area contributed by atoms with E-state index < -0.39 is 5.97 Å². The fourth-order valence-electron chi connectivity index (χ4n) is 2.10. The molecule has 0 saturated heterocycles. The normalized spacial score (nSPS) is 10.5. The molecular weight excluding hydrogens is 374 g/mol.